The minimum atomic E-state index is 0.703. The molecule has 3 aliphatic rings. The number of likely N-dealkylation sites (tertiary alicyclic amines) is 1. The smallest absolute Gasteiger partial charge is 0.118 e. The molecule has 0 bridgehead atoms. The van der Waals surface area contributed by atoms with Crippen LogP contribution in [0.4, 0.5) is 0 Å². The van der Waals surface area contributed by atoms with Gasteiger partial charge in [-0.15, -0.1) is 0 Å². The molecule has 2 saturated heterocycles. The van der Waals surface area contributed by atoms with E-state index >= 15 is 0 Å². The highest BCUT2D eigenvalue weighted by Crippen LogP contribution is 2.47. The molecule has 2 atom stereocenters. The number of hydrogen-bond acceptors (Lipinski definition) is 4. The van der Waals surface area contributed by atoms with Crippen LogP contribution >= 0.6 is 0 Å². The maximum absolute atomic E-state index is 6.00. The van der Waals surface area contributed by atoms with E-state index in [1.165, 1.54) is 38.4 Å². The lowest BCUT2D eigenvalue weighted by atomic mass is 10.1. The number of piperazine rings is 1. The maximum atomic E-state index is 6.00. The van der Waals surface area contributed by atoms with E-state index in [-0.39, 0.29) is 0 Å². The summed E-state index contributed by atoms with van der Waals surface area (Å²) in [6.45, 7) is 10.4. The second-order valence-corrected chi connectivity index (χ2v) is 6.76. The van der Waals surface area contributed by atoms with Crippen LogP contribution in [0, 0.1) is 5.92 Å². The van der Waals surface area contributed by atoms with Gasteiger partial charge in [-0.3, -0.25) is 9.80 Å². The Balaban J connectivity index is 1.26. The third-order valence-electron chi connectivity index (χ3n) is 5.14. The van der Waals surface area contributed by atoms with Gasteiger partial charge in [0.1, 0.15) is 11.5 Å². The molecular formula is C16H25N3O. The number of rotatable bonds is 4. The predicted molar refractivity (Wildman–Crippen MR) is 78.7 cm³/mol. The minimum Gasteiger partial charge on any atom is -0.464 e. The zero-order chi connectivity index (χ0) is 13.5. The molecule has 0 radical (unpaired) electrons. The molecule has 110 valence electrons. The molecule has 3 fully saturated rings. The van der Waals surface area contributed by atoms with Gasteiger partial charge >= 0.3 is 0 Å². The van der Waals surface area contributed by atoms with Gasteiger partial charge in [-0.2, -0.15) is 0 Å². The molecule has 0 amide bonds. The molecule has 2 aliphatic heterocycles. The van der Waals surface area contributed by atoms with Gasteiger partial charge in [0.05, 0.1) is 6.54 Å². The van der Waals surface area contributed by atoms with Crippen molar-refractivity contribution in [3.05, 3.63) is 23.7 Å². The van der Waals surface area contributed by atoms with E-state index in [0.29, 0.717) is 5.92 Å². The van der Waals surface area contributed by atoms with Crippen molar-refractivity contribution in [2.24, 2.45) is 5.92 Å². The monoisotopic (exact) mass is 275 g/mol. The molecule has 2 unspecified atom stereocenters. The highest BCUT2D eigenvalue weighted by Gasteiger charge is 2.37. The Bertz CT molecular complexity index is 460. The molecule has 4 nitrogen and oxygen atoms in total. The van der Waals surface area contributed by atoms with E-state index in [4.69, 9.17) is 4.42 Å². The van der Waals surface area contributed by atoms with Crippen LogP contribution < -0.4 is 5.32 Å². The van der Waals surface area contributed by atoms with E-state index in [9.17, 15) is 0 Å². The largest absolute Gasteiger partial charge is 0.464 e. The summed E-state index contributed by atoms with van der Waals surface area (Å²) < 4.78 is 6.00. The van der Waals surface area contributed by atoms with Crippen LogP contribution in [0.3, 0.4) is 0 Å². The fourth-order valence-electron chi connectivity index (χ4n) is 3.57. The summed E-state index contributed by atoms with van der Waals surface area (Å²) in [6, 6.07) is 5.14. The first-order valence-corrected chi connectivity index (χ1v) is 8.05. The minimum absolute atomic E-state index is 0.703. The van der Waals surface area contributed by atoms with Crippen molar-refractivity contribution in [2.45, 2.75) is 31.8 Å². The quantitative estimate of drug-likeness (QED) is 0.902. The topological polar surface area (TPSA) is 31.6 Å². The van der Waals surface area contributed by atoms with Gasteiger partial charge in [0, 0.05) is 51.2 Å². The lowest BCUT2D eigenvalue weighted by Gasteiger charge is -2.46. The van der Waals surface area contributed by atoms with Crippen LogP contribution in [0.5, 0.6) is 0 Å². The van der Waals surface area contributed by atoms with Gasteiger partial charge < -0.3 is 9.73 Å². The van der Waals surface area contributed by atoms with E-state index < -0.39 is 0 Å². The Morgan fingerprint density at radius 3 is 2.70 bits per heavy atom. The van der Waals surface area contributed by atoms with Gasteiger partial charge in [-0.25, -0.2) is 0 Å². The Morgan fingerprint density at radius 2 is 2.00 bits per heavy atom. The number of furan rings is 1. The zero-order valence-electron chi connectivity index (χ0n) is 12.3. The highest BCUT2D eigenvalue weighted by atomic mass is 16.3. The van der Waals surface area contributed by atoms with Gasteiger partial charge in [-0.05, 0) is 24.5 Å². The fraction of sp³-hybridized carbons (Fsp3) is 0.750. The van der Waals surface area contributed by atoms with Crippen LogP contribution in [0.2, 0.25) is 0 Å². The highest BCUT2D eigenvalue weighted by molar-refractivity contribution is 5.17. The molecule has 0 spiro atoms. The number of nitrogens with zero attached hydrogens (tertiary/aromatic N) is 2. The first kappa shape index (κ1) is 12.9. The Kier molecular flexibility index (Phi) is 3.33. The van der Waals surface area contributed by atoms with Gasteiger partial charge in [0.2, 0.25) is 0 Å². The van der Waals surface area contributed by atoms with E-state index in [0.717, 1.165) is 37.4 Å². The summed E-state index contributed by atoms with van der Waals surface area (Å²) in [5.74, 6) is 3.90. The van der Waals surface area contributed by atoms with E-state index in [1.807, 2.05) is 0 Å². The third-order valence-corrected chi connectivity index (χ3v) is 5.14. The Morgan fingerprint density at radius 1 is 1.25 bits per heavy atom. The molecular weight excluding hydrogens is 250 g/mol. The predicted octanol–water partition coefficient (Wildman–Crippen LogP) is 1.49. The Labute approximate surface area is 121 Å². The molecule has 1 saturated carbocycles. The molecule has 0 aromatic carbocycles. The SMILES string of the molecule is CC1CC1c1ccc(CN2CC(N3CCNCC3)C2)o1. The summed E-state index contributed by atoms with van der Waals surface area (Å²) in [5, 5.41) is 3.42. The summed E-state index contributed by atoms with van der Waals surface area (Å²) in [4.78, 5) is 5.14. The molecule has 3 heterocycles. The van der Waals surface area contributed by atoms with E-state index in [2.05, 4.69) is 34.2 Å². The van der Waals surface area contributed by atoms with Crippen molar-refractivity contribution in [1.82, 2.24) is 15.1 Å². The lowest BCUT2D eigenvalue weighted by Crippen LogP contribution is -2.62. The van der Waals surface area contributed by atoms with Gasteiger partial charge in [0.15, 0.2) is 0 Å². The third kappa shape index (κ3) is 2.52. The van der Waals surface area contributed by atoms with Gasteiger partial charge in [0.25, 0.3) is 0 Å². The summed E-state index contributed by atoms with van der Waals surface area (Å²) in [7, 11) is 0. The van der Waals surface area contributed by atoms with Crippen molar-refractivity contribution in [3.63, 3.8) is 0 Å². The summed E-state index contributed by atoms with van der Waals surface area (Å²) in [5.41, 5.74) is 0. The second kappa shape index (κ2) is 5.17. The van der Waals surface area contributed by atoms with Crippen molar-refractivity contribution in [1.29, 1.82) is 0 Å². The normalized spacial score (nSPS) is 32.2. The van der Waals surface area contributed by atoms with Crippen LogP contribution in [-0.2, 0) is 6.54 Å². The van der Waals surface area contributed by atoms with Crippen molar-refractivity contribution < 1.29 is 4.42 Å². The molecule has 4 heteroatoms. The van der Waals surface area contributed by atoms with Crippen LogP contribution in [-0.4, -0.2) is 55.1 Å². The summed E-state index contributed by atoms with van der Waals surface area (Å²) in [6.07, 6.45) is 1.31. The first-order chi connectivity index (χ1) is 9.79. The molecule has 1 aromatic rings. The number of hydrogen-bond donors (Lipinski definition) is 1. The fourth-order valence-corrected chi connectivity index (χ4v) is 3.57. The van der Waals surface area contributed by atoms with Crippen molar-refractivity contribution >= 4 is 0 Å². The second-order valence-electron chi connectivity index (χ2n) is 6.76. The number of nitrogens with one attached hydrogen (secondary N) is 1. The average Bonchev–Trinajstić information content (AvgIpc) is 2.98. The first-order valence-electron chi connectivity index (χ1n) is 8.05. The molecule has 20 heavy (non-hydrogen) atoms. The lowest BCUT2D eigenvalue weighted by molar-refractivity contribution is 0.0184. The van der Waals surface area contributed by atoms with Crippen LogP contribution in [0.1, 0.15) is 30.8 Å². The standard InChI is InChI=1S/C16H25N3O/c1-12-8-15(12)16-3-2-14(20-16)11-18-9-13(10-18)19-6-4-17-5-7-19/h2-3,12-13,15,17H,4-11H2,1H3. The Hall–Kier alpha value is -0.840. The molecule has 4 rings (SSSR count). The van der Waals surface area contributed by atoms with Gasteiger partial charge in [-0.1, -0.05) is 6.92 Å². The van der Waals surface area contributed by atoms with Crippen molar-refractivity contribution in [3.8, 4) is 0 Å². The maximum Gasteiger partial charge on any atom is 0.118 e. The van der Waals surface area contributed by atoms with E-state index in [1.54, 1.807) is 0 Å². The molecule has 1 N–H and O–H groups in total. The molecule has 1 aromatic heterocycles. The van der Waals surface area contributed by atoms with Crippen LogP contribution in [0.15, 0.2) is 16.5 Å². The molecule has 1 aliphatic carbocycles. The van der Waals surface area contributed by atoms with Crippen molar-refractivity contribution in [2.75, 3.05) is 39.3 Å². The average molecular weight is 275 g/mol. The van der Waals surface area contributed by atoms with Crippen LogP contribution in [0.25, 0.3) is 0 Å². The summed E-state index contributed by atoms with van der Waals surface area (Å²) >= 11 is 0. The zero-order valence-corrected chi connectivity index (χ0v) is 12.3.